The molecule has 4 nitrogen and oxygen atoms in total. The molecule has 0 bridgehead atoms. The molecule has 0 atom stereocenters. The van der Waals surface area contributed by atoms with Gasteiger partial charge in [0.25, 0.3) is 5.56 Å². The third-order valence-corrected chi connectivity index (χ3v) is 3.21. The van der Waals surface area contributed by atoms with Crippen molar-refractivity contribution in [1.82, 2.24) is 14.5 Å². The minimum absolute atomic E-state index is 0.00725. The molecule has 5 heteroatoms. The van der Waals surface area contributed by atoms with Crippen LogP contribution < -0.4 is 5.56 Å². The molecule has 0 unspecified atom stereocenters. The Morgan fingerprint density at radius 2 is 2.40 bits per heavy atom. The highest BCUT2D eigenvalue weighted by molar-refractivity contribution is 7.09. The Morgan fingerprint density at radius 3 is 3.07 bits per heavy atom. The first-order valence-electron chi connectivity index (χ1n) is 4.67. The van der Waals surface area contributed by atoms with E-state index >= 15 is 0 Å². The third kappa shape index (κ3) is 2.30. The summed E-state index contributed by atoms with van der Waals surface area (Å²) in [4.78, 5) is 20.7. The summed E-state index contributed by atoms with van der Waals surface area (Å²) in [6, 6.07) is 1.47. The molecule has 0 fully saturated rings. The minimum Gasteiger partial charge on any atom is -0.299 e. The first-order valence-corrected chi connectivity index (χ1v) is 5.55. The average Bonchev–Trinajstić information content (AvgIpc) is 2.63. The predicted molar refractivity (Wildman–Crippen MR) is 59.1 cm³/mol. The molecule has 2 heterocycles. The van der Waals surface area contributed by atoms with Crippen molar-refractivity contribution in [2.45, 2.75) is 19.9 Å². The molecule has 2 aromatic heterocycles. The maximum atomic E-state index is 11.4. The van der Waals surface area contributed by atoms with E-state index in [-0.39, 0.29) is 5.56 Å². The van der Waals surface area contributed by atoms with Crippen LogP contribution in [0, 0.1) is 6.92 Å². The summed E-state index contributed by atoms with van der Waals surface area (Å²) in [7, 11) is 0. The maximum Gasteiger partial charge on any atom is 0.253 e. The van der Waals surface area contributed by atoms with Gasteiger partial charge in [-0.15, -0.1) is 11.3 Å². The van der Waals surface area contributed by atoms with Gasteiger partial charge in [0.05, 0.1) is 17.5 Å². The standard InChI is InChI=1S/C10H11N3OS/c1-8-9(15-7-12-8)3-5-13-6-11-4-2-10(13)14/h2,4,6-7H,3,5H2,1H3. The Hall–Kier alpha value is -1.49. The number of aromatic nitrogens is 3. The van der Waals surface area contributed by atoms with Gasteiger partial charge in [-0.1, -0.05) is 0 Å². The van der Waals surface area contributed by atoms with Crippen LogP contribution in [0.15, 0.2) is 28.9 Å². The van der Waals surface area contributed by atoms with Gasteiger partial charge in [0.2, 0.25) is 0 Å². The lowest BCUT2D eigenvalue weighted by molar-refractivity contribution is 0.657. The highest BCUT2D eigenvalue weighted by Crippen LogP contribution is 2.12. The molecule has 0 aromatic carbocycles. The van der Waals surface area contributed by atoms with Gasteiger partial charge < -0.3 is 0 Å². The molecule has 78 valence electrons. The molecule has 0 saturated carbocycles. The Labute approximate surface area is 91.3 Å². The van der Waals surface area contributed by atoms with E-state index in [9.17, 15) is 4.79 Å². The molecule has 15 heavy (non-hydrogen) atoms. The number of nitrogens with zero attached hydrogens (tertiary/aromatic N) is 3. The summed E-state index contributed by atoms with van der Waals surface area (Å²) in [6.07, 6.45) is 3.91. The van der Waals surface area contributed by atoms with Crippen molar-refractivity contribution in [2.75, 3.05) is 0 Å². The summed E-state index contributed by atoms with van der Waals surface area (Å²) < 4.78 is 1.61. The highest BCUT2D eigenvalue weighted by atomic mass is 32.1. The molecule has 2 aromatic rings. The average molecular weight is 221 g/mol. The van der Waals surface area contributed by atoms with Crippen molar-refractivity contribution >= 4 is 11.3 Å². The Morgan fingerprint density at radius 1 is 1.53 bits per heavy atom. The normalized spacial score (nSPS) is 10.5. The highest BCUT2D eigenvalue weighted by Gasteiger charge is 2.02. The van der Waals surface area contributed by atoms with Gasteiger partial charge in [-0.3, -0.25) is 9.36 Å². The Bertz CT molecular complexity index is 503. The molecule has 0 spiro atoms. The smallest absolute Gasteiger partial charge is 0.253 e. The van der Waals surface area contributed by atoms with E-state index in [1.54, 1.807) is 22.2 Å². The van der Waals surface area contributed by atoms with E-state index in [1.165, 1.54) is 17.1 Å². The summed E-state index contributed by atoms with van der Waals surface area (Å²) in [5.74, 6) is 0. The van der Waals surface area contributed by atoms with Crippen molar-refractivity contribution in [3.05, 3.63) is 45.0 Å². The zero-order valence-electron chi connectivity index (χ0n) is 8.38. The summed E-state index contributed by atoms with van der Waals surface area (Å²) in [5, 5.41) is 0. The minimum atomic E-state index is -0.00725. The molecule has 0 radical (unpaired) electrons. The van der Waals surface area contributed by atoms with E-state index < -0.39 is 0 Å². The zero-order valence-corrected chi connectivity index (χ0v) is 9.20. The molecular formula is C10H11N3OS. The van der Waals surface area contributed by atoms with Crippen molar-refractivity contribution in [2.24, 2.45) is 0 Å². The van der Waals surface area contributed by atoms with Crippen molar-refractivity contribution < 1.29 is 0 Å². The second kappa shape index (κ2) is 4.35. The van der Waals surface area contributed by atoms with Crippen LogP contribution in [0.2, 0.25) is 0 Å². The topological polar surface area (TPSA) is 47.8 Å². The zero-order chi connectivity index (χ0) is 10.7. The monoisotopic (exact) mass is 221 g/mol. The van der Waals surface area contributed by atoms with Gasteiger partial charge >= 0.3 is 0 Å². The van der Waals surface area contributed by atoms with Crippen LogP contribution in [0.1, 0.15) is 10.6 Å². The van der Waals surface area contributed by atoms with Crippen LogP contribution in [-0.2, 0) is 13.0 Å². The fraction of sp³-hybridized carbons (Fsp3) is 0.300. The number of thiazole rings is 1. The van der Waals surface area contributed by atoms with Gasteiger partial charge in [0.1, 0.15) is 0 Å². The largest absolute Gasteiger partial charge is 0.299 e. The third-order valence-electron chi connectivity index (χ3n) is 2.22. The summed E-state index contributed by atoms with van der Waals surface area (Å²) in [6.45, 7) is 2.65. The van der Waals surface area contributed by atoms with Gasteiger partial charge in [-0.2, -0.15) is 0 Å². The SMILES string of the molecule is Cc1ncsc1CCn1cnccc1=O. The molecule has 2 rings (SSSR count). The van der Waals surface area contributed by atoms with Crippen LogP contribution in [0.3, 0.4) is 0 Å². The van der Waals surface area contributed by atoms with Gasteiger partial charge in [-0.05, 0) is 6.92 Å². The molecule has 0 saturated heterocycles. The van der Waals surface area contributed by atoms with Crippen molar-refractivity contribution in [3.63, 3.8) is 0 Å². The van der Waals surface area contributed by atoms with Crippen LogP contribution in [0.25, 0.3) is 0 Å². The molecule has 0 aliphatic heterocycles. The lowest BCUT2D eigenvalue weighted by atomic mass is 10.3. The lowest BCUT2D eigenvalue weighted by Gasteiger charge is -2.02. The molecular weight excluding hydrogens is 210 g/mol. The number of rotatable bonds is 3. The van der Waals surface area contributed by atoms with Crippen LogP contribution in [-0.4, -0.2) is 14.5 Å². The fourth-order valence-electron chi connectivity index (χ4n) is 1.33. The predicted octanol–water partition coefficient (Wildman–Crippen LogP) is 1.25. The molecule has 0 N–H and O–H groups in total. The number of hydrogen-bond acceptors (Lipinski definition) is 4. The van der Waals surface area contributed by atoms with Crippen molar-refractivity contribution in [1.29, 1.82) is 0 Å². The summed E-state index contributed by atoms with van der Waals surface area (Å²) in [5.41, 5.74) is 2.88. The quantitative estimate of drug-likeness (QED) is 0.783. The molecule has 0 amide bonds. The first kappa shape index (κ1) is 10.0. The van der Waals surface area contributed by atoms with E-state index in [2.05, 4.69) is 9.97 Å². The van der Waals surface area contributed by atoms with Crippen LogP contribution in [0.4, 0.5) is 0 Å². The maximum absolute atomic E-state index is 11.4. The number of aryl methyl sites for hydroxylation is 3. The van der Waals surface area contributed by atoms with E-state index in [0.717, 1.165) is 12.1 Å². The Kier molecular flexibility index (Phi) is 2.91. The second-order valence-corrected chi connectivity index (χ2v) is 4.16. The summed E-state index contributed by atoms with van der Waals surface area (Å²) >= 11 is 1.63. The van der Waals surface area contributed by atoms with E-state index in [0.29, 0.717) is 6.54 Å². The van der Waals surface area contributed by atoms with Gasteiger partial charge in [0, 0.05) is 30.1 Å². The first-order chi connectivity index (χ1) is 7.27. The van der Waals surface area contributed by atoms with Crippen molar-refractivity contribution in [3.8, 4) is 0 Å². The lowest BCUT2D eigenvalue weighted by Crippen LogP contribution is -2.19. The molecule has 0 aliphatic rings. The van der Waals surface area contributed by atoms with Crippen LogP contribution >= 0.6 is 11.3 Å². The Balaban J connectivity index is 2.09. The van der Waals surface area contributed by atoms with Crippen LogP contribution in [0.5, 0.6) is 0 Å². The van der Waals surface area contributed by atoms with E-state index in [1.807, 2.05) is 12.4 Å². The van der Waals surface area contributed by atoms with Gasteiger partial charge in [-0.25, -0.2) is 9.97 Å². The van der Waals surface area contributed by atoms with E-state index in [4.69, 9.17) is 0 Å². The number of hydrogen-bond donors (Lipinski definition) is 0. The second-order valence-electron chi connectivity index (χ2n) is 3.22. The fourth-order valence-corrected chi connectivity index (χ4v) is 2.10. The molecule has 0 aliphatic carbocycles. The van der Waals surface area contributed by atoms with Gasteiger partial charge in [0.15, 0.2) is 0 Å².